The summed E-state index contributed by atoms with van der Waals surface area (Å²) in [5, 5.41) is 0.506. The molecule has 1 fully saturated rings. The molecule has 1 aliphatic rings. The van der Waals surface area contributed by atoms with Crippen molar-refractivity contribution in [2.24, 2.45) is 5.73 Å². The van der Waals surface area contributed by atoms with Gasteiger partial charge in [0.15, 0.2) is 6.61 Å². The predicted molar refractivity (Wildman–Crippen MR) is 97.4 cm³/mol. The highest BCUT2D eigenvalue weighted by Gasteiger charge is 2.18. The number of carbonyl (C=O) groups excluding carboxylic acids is 1. The highest BCUT2D eigenvalue weighted by atomic mass is 35.5. The number of rotatable bonds is 8. The summed E-state index contributed by atoms with van der Waals surface area (Å²) in [6, 6.07) is 6.35. The fraction of sp³-hybridized carbons (Fsp3) is 0.611. The molecule has 0 aliphatic carbocycles. The Morgan fingerprint density at radius 2 is 2.25 bits per heavy atom. The van der Waals surface area contributed by atoms with E-state index in [1.807, 2.05) is 12.1 Å². The molecule has 0 unspecified atom stereocenters. The summed E-state index contributed by atoms with van der Waals surface area (Å²) < 4.78 is 5.27. The SMILES string of the molecule is C[C@@H]1CCCCN1CCN(C)Cc1ccc(OCC(N)=O)c(Cl)c1. The molecule has 2 rings (SSSR count). The summed E-state index contributed by atoms with van der Waals surface area (Å²) in [4.78, 5) is 15.6. The Balaban J connectivity index is 1.81. The Labute approximate surface area is 149 Å². The Kier molecular flexibility index (Phi) is 7.34. The molecule has 1 saturated heterocycles. The van der Waals surface area contributed by atoms with Crippen LogP contribution in [-0.4, -0.2) is 55.0 Å². The van der Waals surface area contributed by atoms with Crippen LogP contribution in [-0.2, 0) is 11.3 Å². The maximum absolute atomic E-state index is 10.8. The standard InChI is InChI=1S/C18H28ClN3O2/c1-14-5-3-4-8-22(14)10-9-21(2)12-15-6-7-17(16(19)11-15)24-13-18(20)23/h6-7,11,14H,3-5,8-10,12-13H2,1-2H3,(H2,20,23)/t14-/m1/s1. The molecule has 1 aliphatic heterocycles. The lowest BCUT2D eigenvalue weighted by Crippen LogP contribution is -2.41. The van der Waals surface area contributed by atoms with Crippen LogP contribution in [0.3, 0.4) is 0 Å². The van der Waals surface area contributed by atoms with Gasteiger partial charge in [0, 0.05) is 25.7 Å². The summed E-state index contributed by atoms with van der Waals surface area (Å²) in [5.74, 6) is -0.0224. The van der Waals surface area contributed by atoms with Crippen molar-refractivity contribution in [3.8, 4) is 5.75 Å². The highest BCUT2D eigenvalue weighted by molar-refractivity contribution is 6.32. The van der Waals surface area contributed by atoms with Crippen LogP contribution in [0.4, 0.5) is 0 Å². The van der Waals surface area contributed by atoms with Crippen LogP contribution in [0.2, 0.25) is 5.02 Å². The van der Waals surface area contributed by atoms with Crippen molar-refractivity contribution in [3.63, 3.8) is 0 Å². The molecule has 2 N–H and O–H groups in total. The average Bonchev–Trinajstić information content (AvgIpc) is 2.53. The molecule has 134 valence electrons. The van der Waals surface area contributed by atoms with Gasteiger partial charge in [0.25, 0.3) is 5.91 Å². The van der Waals surface area contributed by atoms with E-state index in [4.69, 9.17) is 22.1 Å². The molecule has 1 atom stereocenters. The number of hydrogen-bond donors (Lipinski definition) is 1. The number of nitrogens with zero attached hydrogens (tertiary/aromatic N) is 2. The van der Waals surface area contributed by atoms with Crippen molar-refractivity contribution in [1.82, 2.24) is 9.80 Å². The van der Waals surface area contributed by atoms with Gasteiger partial charge in [-0.2, -0.15) is 0 Å². The van der Waals surface area contributed by atoms with Gasteiger partial charge in [0.2, 0.25) is 0 Å². The minimum Gasteiger partial charge on any atom is -0.482 e. The number of nitrogens with two attached hydrogens (primary N) is 1. The molecule has 1 aromatic carbocycles. The number of carbonyl (C=O) groups is 1. The molecule has 24 heavy (non-hydrogen) atoms. The van der Waals surface area contributed by atoms with Crippen LogP contribution in [0.5, 0.6) is 5.75 Å². The van der Waals surface area contributed by atoms with E-state index in [9.17, 15) is 4.79 Å². The lowest BCUT2D eigenvalue weighted by Gasteiger charge is -2.34. The van der Waals surface area contributed by atoms with E-state index < -0.39 is 5.91 Å². The smallest absolute Gasteiger partial charge is 0.255 e. The first kappa shape index (κ1) is 19.0. The molecule has 0 aromatic heterocycles. The molecule has 1 amide bonds. The third-order valence-corrected chi connectivity index (χ3v) is 4.82. The zero-order chi connectivity index (χ0) is 17.5. The molecule has 0 spiro atoms. The number of piperidine rings is 1. The quantitative estimate of drug-likeness (QED) is 0.780. The second kappa shape index (κ2) is 9.25. The van der Waals surface area contributed by atoms with Crippen LogP contribution >= 0.6 is 11.6 Å². The van der Waals surface area contributed by atoms with Gasteiger partial charge in [-0.25, -0.2) is 0 Å². The van der Waals surface area contributed by atoms with E-state index in [0.29, 0.717) is 16.8 Å². The average molecular weight is 354 g/mol. The number of ether oxygens (including phenoxy) is 1. The van der Waals surface area contributed by atoms with E-state index in [1.165, 1.54) is 25.8 Å². The van der Waals surface area contributed by atoms with Crippen molar-refractivity contribution in [3.05, 3.63) is 28.8 Å². The summed E-state index contributed by atoms with van der Waals surface area (Å²) in [7, 11) is 2.13. The van der Waals surface area contributed by atoms with Gasteiger partial charge in [0.1, 0.15) is 5.75 Å². The van der Waals surface area contributed by atoms with E-state index in [-0.39, 0.29) is 6.61 Å². The lowest BCUT2D eigenvalue weighted by atomic mass is 10.0. The van der Waals surface area contributed by atoms with Crippen molar-refractivity contribution in [1.29, 1.82) is 0 Å². The van der Waals surface area contributed by atoms with Gasteiger partial charge < -0.3 is 15.4 Å². The van der Waals surface area contributed by atoms with Crippen molar-refractivity contribution >= 4 is 17.5 Å². The second-order valence-electron chi connectivity index (χ2n) is 6.64. The summed E-state index contributed by atoms with van der Waals surface area (Å²) in [5.41, 5.74) is 6.20. The molecular formula is C18H28ClN3O2. The van der Waals surface area contributed by atoms with E-state index >= 15 is 0 Å². The van der Waals surface area contributed by atoms with Gasteiger partial charge in [-0.1, -0.05) is 24.1 Å². The zero-order valence-corrected chi connectivity index (χ0v) is 15.4. The summed E-state index contributed by atoms with van der Waals surface area (Å²) in [6.07, 6.45) is 3.98. The van der Waals surface area contributed by atoms with E-state index in [1.54, 1.807) is 6.07 Å². The van der Waals surface area contributed by atoms with Gasteiger partial charge in [-0.3, -0.25) is 9.69 Å². The number of amides is 1. The monoisotopic (exact) mass is 353 g/mol. The van der Waals surface area contributed by atoms with Gasteiger partial charge >= 0.3 is 0 Å². The maximum atomic E-state index is 10.8. The number of likely N-dealkylation sites (tertiary alicyclic amines) is 1. The van der Waals surface area contributed by atoms with Crippen LogP contribution in [0, 0.1) is 0 Å². The minimum atomic E-state index is -0.512. The van der Waals surface area contributed by atoms with Gasteiger partial charge in [-0.05, 0) is 51.1 Å². The second-order valence-corrected chi connectivity index (χ2v) is 7.05. The fourth-order valence-electron chi connectivity index (χ4n) is 3.09. The van der Waals surface area contributed by atoms with Crippen LogP contribution in [0.25, 0.3) is 0 Å². The molecular weight excluding hydrogens is 326 g/mol. The van der Waals surface area contributed by atoms with E-state index in [2.05, 4.69) is 23.8 Å². The molecule has 1 aromatic rings. The normalized spacial score (nSPS) is 18.8. The third-order valence-electron chi connectivity index (χ3n) is 4.53. The fourth-order valence-corrected chi connectivity index (χ4v) is 3.35. The molecule has 1 heterocycles. The Morgan fingerprint density at radius 1 is 1.46 bits per heavy atom. The first-order valence-electron chi connectivity index (χ1n) is 8.58. The Hall–Kier alpha value is -1.30. The number of halogens is 1. The van der Waals surface area contributed by atoms with Crippen LogP contribution in [0.1, 0.15) is 31.7 Å². The topological polar surface area (TPSA) is 58.8 Å². The van der Waals surface area contributed by atoms with Crippen LogP contribution in [0.15, 0.2) is 18.2 Å². The van der Waals surface area contributed by atoms with Crippen molar-refractivity contribution in [2.75, 3.05) is 33.3 Å². The first-order chi connectivity index (χ1) is 11.5. The Morgan fingerprint density at radius 3 is 2.92 bits per heavy atom. The predicted octanol–water partition coefficient (Wildman–Crippen LogP) is 2.51. The molecule has 0 bridgehead atoms. The first-order valence-corrected chi connectivity index (χ1v) is 8.95. The van der Waals surface area contributed by atoms with Crippen molar-refractivity contribution in [2.45, 2.75) is 38.8 Å². The van der Waals surface area contributed by atoms with Crippen LogP contribution < -0.4 is 10.5 Å². The molecule has 0 saturated carbocycles. The third kappa shape index (κ3) is 5.96. The molecule has 5 nitrogen and oxygen atoms in total. The maximum Gasteiger partial charge on any atom is 0.255 e. The number of hydrogen-bond acceptors (Lipinski definition) is 4. The lowest BCUT2D eigenvalue weighted by molar-refractivity contribution is -0.119. The number of likely N-dealkylation sites (N-methyl/N-ethyl adjacent to an activating group) is 1. The van der Waals surface area contributed by atoms with Gasteiger partial charge in [-0.15, -0.1) is 0 Å². The molecule has 0 radical (unpaired) electrons. The summed E-state index contributed by atoms with van der Waals surface area (Å²) >= 11 is 6.21. The number of benzene rings is 1. The molecule has 6 heteroatoms. The van der Waals surface area contributed by atoms with E-state index in [0.717, 1.165) is 25.2 Å². The minimum absolute atomic E-state index is 0.160. The Bertz CT molecular complexity index is 553. The summed E-state index contributed by atoms with van der Waals surface area (Å²) in [6.45, 7) is 6.34. The van der Waals surface area contributed by atoms with Crippen molar-refractivity contribution < 1.29 is 9.53 Å². The van der Waals surface area contributed by atoms with Gasteiger partial charge in [0.05, 0.1) is 5.02 Å². The largest absolute Gasteiger partial charge is 0.482 e. The highest BCUT2D eigenvalue weighted by Crippen LogP contribution is 2.26. The number of primary amides is 1. The zero-order valence-electron chi connectivity index (χ0n) is 14.6.